The van der Waals surface area contributed by atoms with E-state index in [1.807, 2.05) is 16.9 Å². The summed E-state index contributed by atoms with van der Waals surface area (Å²) in [6.45, 7) is 2.92. The van der Waals surface area contributed by atoms with E-state index in [-0.39, 0.29) is 0 Å². The van der Waals surface area contributed by atoms with Crippen molar-refractivity contribution in [1.29, 1.82) is 0 Å². The first-order valence-corrected chi connectivity index (χ1v) is 8.89. The molecule has 1 saturated heterocycles. The van der Waals surface area contributed by atoms with E-state index < -0.39 is 0 Å². The molecule has 2 aromatic rings. The molecule has 0 spiro atoms. The van der Waals surface area contributed by atoms with E-state index in [2.05, 4.69) is 52.6 Å². The standard InChI is InChI=1S/C17H23N3S/c1-2-4-16(5-3-1)13-20-14-17(12-19-20)11-18-10-15-6-8-21-9-7-15/h1-5,12,14-15,18H,6-11,13H2. The largest absolute Gasteiger partial charge is 0.312 e. The van der Waals surface area contributed by atoms with Crippen molar-refractivity contribution in [2.75, 3.05) is 18.1 Å². The Hall–Kier alpha value is -1.26. The van der Waals surface area contributed by atoms with Crippen molar-refractivity contribution < 1.29 is 0 Å². The minimum absolute atomic E-state index is 0.848. The minimum Gasteiger partial charge on any atom is -0.312 e. The zero-order chi connectivity index (χ0) is 14.3. The SMILES string of the molecule is c1ccc(Cn2cc(CNCC3CCSCC3)cn2)cc1. The molecule has 112 valence electrons. The van der Waals surface area contributed by atoms with Gasteiger partial charge in [0, 0.05) is 18.3 Å². The van der Waals surface area contributed by atoms with Crippen LogP contribution in [0.2, 0.25) is 0 Å². The highest BCUT2D eigenvalue weighted by Gasteiger charge is 2.12. The van der Waals surface area contributed by atoms with Crippen LogP contribution in [0.25, 0.3) is 0 Å². The summed E-state index contributed by atoms with van der Waals surface area (Å²) in [5, 5.41) is 8.04. The molecule has 0 amide bonds. The number of aromatic nitrogens is 2. The van der Waals surface area contributed by atoms with Crippen LogP contribution in [0.3, 0.4) is 0 Å². The third-order valence-electron chi connectivity index (χ3n) is 3.98. The van der Waals surface area contributed by atoms with E-state index in [1.165, 1.54) is 35.5 Å². The lowest BCUT2D eigenvalue weighted by Crippen LogP contribution is -2.25. The molecular weight excluding hydrogens is 278 g/mol. The van der Waals surface area contributed by atoms with Gasteiger partial charge in [0.05, 0.1) is 12.7 Å². The van der Waals surface area contributed by atoms with Crippen LogP contribution in [-0.2, 0) is 13.1 Å². The predicted octanol–water partition coefficient (Wildman–Crippen LogP) is 3.16. The van der Waals surface area contributed by atoms with Gasteiger partial charge in [-0.25, -0.2) is 0 Å². The summed E-state index contributed by atoms with van der Waals surface area (Å²) in [7, 11) is 0. The second kappa shape index (κ2) is 7.66. The average molecular weight is 301 g/mol. The van der Waals surface area contributed by atoms with Gasteiger partial charge in [-0.15, -0.1) is 0 Å². The fourth-order valence-corrected chi connectivity index (χ4v) is 3.93. The molecule has 0 unspecified atom stereocenters. The molecule has 4 heteroatoms. The highest BCUT2D eigenvalue weighted by molar-refractivity contribution is 7.99. The zero-order valence-electron chi connectivity index (χ0n) is 12.4. The Morgan fingerprint density at radius 3 is 2.76 bits per heavy atom. The number of hydrogen-bond acceptors (Lipinski definition) is 3. The fraction of sp³-hybridized carbons (Fsp3) is 0.471. The fourth-order valence-electron chi connectivity index (χ4n) is 2.73. The van der Waals surface area contributed by atoms with E-state index in [9.17, 15) is 0 Å². The molecule has 0 saturated carbocycles. The number of hydrogen-bond donors (Lipinski definition) is 1. The molecular formula is C17H23N3S. The summed E-state index contributed by atoms with van der Waals surface area (Å²) in [6.07, 6.45) is 6.86. The van der Waals surface area contributed by atoms with Gasteiger partial charge in [0.2, 0.25) is 0 Å². The van der Waals surface area contributed by atoms with Crippen molar-refractivity contribution in [3.8, 4) is 0 Å². The van der Waals surface area contributed by atoms with Gasteiger partial charge in [-0.05, 0) is 42.4 Å². The summed E-state index contributed by atoms with van der Waals surface area (Å²) < 4.78 is 2.02. The van der Waals surface area contributed by atoms with Crippen LogP contribution < -0.4 is 5.32 Å². The van der Waals surface area contributed by atoms with Crippen molar-refractivity contribution in [3.05, 3.63) is 53.9 Å². The maximum atomic E-state index is 4.45. The Morgan fingerprint density at radius 2 is 1.95 bits per heavy atom. The monoisotopic (exact) mass is 301 g/mol. The summed E-state index contributed by atoms with van der Waals surface area (Å²) in [6, 6.07) is 10.5. The van der Waals surface area contributed by atoms with Gasteiger partial charge in [0.25, 0.3) is 0 Å². The van der Waals surface area contributed by atoms with Crippen LogP contribution in [0.1, 0.15) is 24.0 Å². The van der Waals surface area contributed by atoms with Gasteiger partial charge >= 0.3 is 0 Å². The molecule has 1 N–H and O–H groups in total. The summed E-state index contributed by atoms with van der Waals surface area (Å²) >= 11 is 2.09. The van der Waals surface area contributed by atoms with E-state index in [1.54, 1.807) is 0 Å². The first kappa shape index (κ1) is 14.7. The Kier molecular flexibility index (Phi) is 5.35. The molecule has 0 bridgehead atoms. The molecule has 3 rings (SSSR count). The Bertz CT molecular complexity index is 532. The van der Waals surface area contributed by atoms with Crippen LogP contribution in [0, 0.1) is 5.92 Å². The third-order valence-corrected chi connectivity index (χ3v) is 5.03. The van der Waals surface area contributed by atoms with Crippen molar-refractivity contribution in [2.45, 2.75) is 25.9 Å². The van der Waals surface area contributed by atoms with Gasteiger partial charge < -0.3 is 5.32 Å². The van der Waals surface area contributed by atoms with Crippen molar-refractivity contribution >= 4 is 11.8 Å². The number of benzene rings is 1. The van der Waals surface area contributed by atoms with Crippen LogP contribution in [0.4, 0.5) is 0 Å². The van der Waals surface area contributed by atoms with Crippen molar-refractivity contribution in [3.63, 3.8) is 0 Å². The second-order valence-electron chi connectivity index (χ2n) is 5.72. The first-order chi connectivity index (χ1) is 10.4. The molecule has 0 radical (unpaired) electrons. The van der Waals surface area contributed by atoms with Gasteiger partial charge in [0.15, 0.2) is 0 Å². The van der Waals surface area contributed by atoms with Gasteiger partial charge in [0.1, 0.15) is 0 Å². The second-order valence-corrected chi connectivity index (χ2v) is 6.94. The molecule has 0 atom stereocenters. The summed E-state index contributed by atoms with van der Waals surface area (Å²) in [5.74, 6) is 3.54. The van der Waals surface area contributed by atoms with Gasteiger partial charge in [-0.3, -0.25) is 4.68 Å². The van der Waals surface area contributed by atoms with Crippen molar-refractivity contribution in [1.82, 2.24) is 15.1 Å². The highest BCUT2D eigenvalue weighted by Crippen LogP contribution is 2.21. The molecule has 1 aromatic carbocycles. The third kappa shape index (κ3) is 4.61. The van der Waals surface area contributed by atoms with Crippen LogP contribution in [0.15, 0.2) is 42.7 Å². The van der Waals surface area contributed by atoms with E-state index in [0.717, 1.165) is 25.6 Å². The Morgan fingerprint density at radius 1 is 1.14 bits per heavy atom. The predicted molar refractivity (Wildman–Crippen MR) is 89.5 cm³/mol. The molecule has 21 heavy (non-hydrogen) atoms. The van der Waals surface area contributed by atoms with E-state index >= 15 is 0 Å². The van der Waals surface area contributed by atoms with Gasteiger partial charge in [-0.2, -0.15) is 16.9 Å². The maximum Gasteiger partial charge on any atom is 0.0659 e. The maximum absolute atomic E-state index is 4.45. The lowest BCUT2D eigenvalue weighted by molar-refractivity contribution is 0.447. The molecule has 3 nitrogen and oxygen atoms in total. The Balaban J connectivity index is 1.44. The van der Waals surface area contributed by atoms with E-state index in [4.69, 9.17) is 0 Å². The number of rotatable bonds is 6. The first-order valence-electron chi connectivity index (χ1n) is 7.74. The van der Waals surface area contributed by atoms with Crippen LogP contribution in [0.5, 0.6) is 0 Å². The van der Waals surface area contributed by atoms with E-state index in [0.29, 0.717) is 0 Å². The average Bonchev–Trinajstić information content (AvgIpc) is 2.97. The smallest absolute Gasteiger partial charge is 0.0659 e. The normalized spacial score (nSPS) is 16.2. The Labute approximate surface area is 131 Å². The van der Waals surface area contributed by atoms with Gasteiger partial charge in [-0.1, -0.05) is 30.3 Å². The van der Waals surface area contributed by atoms with Crippen LogP contribution in [-0.4, -0.2) is 27.8 Å². The summed E-state index contributed by atoms with van der Waals surface area (Å²) in [5.41, 5.74) is 2.57. The summed E-state index contributed by atoms with van der Waals surface area (Å²) in [4.78, 5) is 0. The topological polar surface area (TPSA) is 29.9 Å². The van der Waals surface area contributed by atoms with Crippen LogP contribution >= 0.6 is 11.8 Å². The number of nitrogens with zero attached hydrogens (tertiary/aromatic N) is 2. The molecule has 0 aliphatic carbocycles. The zero-order valence-corrected chi connectivity index (χ0v) is 13.2. The minimum atomic E-state index is 0.848. The molecule has 1 fully saturated rings. The molecule has 1 aromatic heterocycles. The molecule has 2 heterocycles. The number of thioether (sulfide) groups is 1. The quantitative estimate of drug-likeness (QED) is 0.889. The number of nitrogens with one attached hydrogen (secondary N) is 1. The molecule has 1 aliphatic rings. The van der Waals surface area contributed by atoms with Crippen molar-refractivity contribution in [2.24, 2.45) is 5.92 Å². The lowest BCUT2D eigenvalue weighted by Gasteiger charge is -2.21. The lowest BCUT2D eigenvalue weighted by atomic mass is 10.0. The molecule has 1 aliphatic heterocycles. The highest BCUT2D eigenvalue weighted by atomic mass is 32.2.